The van der Waals surface area contributed by atoms with E-state index >= 15 is 0 Å². The van der Waals surface area contributed by atoms with E-state index in [1.807, 2.05) is 12.1 Å². The molecule has 1 aliphatic carbocycles. The zero-order valence-corrected chi connectivity index (χ0v) is 15.6. The summed E-state index contributed by atoms with van der Waals surface area (Å²) in [6.45, 7) is 0. The normalized spacial score (nSPS) is 24.5. The van der Waals surface area contributed by atoms with Crippen molar-refractivity contribution < 1.29 is 4.79 Å². The fraction of sp³-hybridized carbons (Fsp3) is 0.190. The molecule has 0 fully saturated rings. The van der Waals surface area contributed by atoms with E-state index in [9.17, 15) is 4.79 Å². The monoisotopic (exact) mass is 378 g/mol. The lowest BCUT2D eigenvalue weighted by Gasteiger charge is -2.31. The van der Waals surface area contributed by atoms with Gasteiger partial charge in [-0.2, -0.15) is 11.3 Å². The summed E-state index contributed by atoms with van der Waals surface area (Å²) in [4.78, 5) is 14.5. The average Bonchev–Trinajstić information content (AvgIpc) is 3.33. The Morgan fingerprint density at radius 3 is 2.65 bits per heavy atom. The summed E-state index contributed by atoms with van der Waals surface area (Å²) in [5.74, 6) is 0.271. The van der Waals surface area contributed by atoms with Crippen LogP contribution in [0.2, 0.25) is 0 Å². The maximum atomic E-state index is 13.2. The zero-order chi connectivity index (χ0) is 17.5. The molecule has 1 aliphatic heterocycles. The van der Waals surface area contributed by atoms with Gasteiger partial charge in [-0.05, 0) is 46.0 Å². The third kappa shape index (κ3) is 2.68. The van der Waals surface area contributed by atoms with Gasteiger partial charge >= 0.3 is 0 Å². The molecule has 130 valence electrons. The number of para-hydroxylation sites is 2. The van der Waals surface area contributed by atoms with E-state index in [1.165, 1.54) is 10.4 Å². The Morgan fingerprint density at radius 1 is 1.00 bits per heavy atom. The van der Waals surface area contributed by atoms with Crippen LogP contribution in [0.3, 0.4) is 0 Å². The summed E-state index contributed by atoms with van der Waals surface area (Å²) in [6.07, 6.45) is 2.83. The zero-order valence-electron chi connectivity index (χ0n) is 14.0. The van der Waals surface area contributed by atoms with E-state index in [2.05, 4.69) is 63.2 Å². The molecule has 3 unspecified atom stereocenters. The second kappa shape index (κ2) is 6.41. The number of rotatable bonds is 2. The van der Waals surface area contributed by atoms with Crippen molar-refractivity contribution in [1.29, 1.82) is 0 Å². The first-order chi connectivity index (χ1) is 12.8. The highest BCUT2D eigenvalue weighted by Crippen LogP contribution is 2.45. The Morgan fingerprint density at radius 2 is 1.88 bits per heavy atom. The quantitative estimate of drug-likeness (QED) is 0.606. The summed E-state index contributed by atoms with van der Waals surface area (Å²) in [5, 5.41) is 13.5. The lowest BCUT2D eigenvalue weighted by atomic mass is 9.78. The van der Waals surface area contributed by atoms with Gasteiger partial charge < -0.3 is 10.6 Å². The average molecular weight is 379 g/mol. The van der Waals surface area contributed by atoms with Crippen molar-refractivity contribution in [3.05, 3.63) is 80.8 Å². The van der Waals surface area contributed by atoms with Gasteiger partial charge in [0.2, 0.25) is 0 Å². The fourth-order valence-electron chi connectivity index (χ4n) is 3.92. The lowest BCUT2D eigenvalue weighted by molar-refractivity contribution is -0.122. The number of anilines is 2. The van der Waals surface area contributed by atoms with Crippen molar-refractivity contribution in [3.8, 4) is 0 Å². The van der Waals surface area contributed by atoms with E-state index in [4.69, 9.17) is 0 Å². The fourth-order valence-corrected chi connectivity index (χ4v) is 5.41. The second-order valence-corrected chi connectivity index (χ2v) is 8.50. The van der Waals surface area contributed by atoms with Gasteiger partial charge in [0.05, 0.1) is 23.3 Å². The minimum Gasteiger partial charge on any atom is -0.375 e. The van der Waals surface area contributed by atoms with Gasteiger partial charge in [-0.3, -0.25) is 4.79 Å². The standard InChI is InChI=1S/C21H18N2OS2/c24-18-11-14(19-6-3-8-26-19)10-17-20(18)21(13-7-9-25-12-13)23-16-5-2-1-4-15(16)22-17/h1-10,12,14,20-23H,11H2. The Kier molecular flexibility index (Phi) is 3.91. The van der Waals surface area contributed by atoms with Crippen molar-refractivity contribution in [2.45, 2.75) is 18.4 Å². The SMILES string of the molecule is O=C1CC(c2cccs2)C=C2Nc3ccccc3NC(c3ccsc3)C12. The molecule has 2 aromatic heterocycles. The molecule has 2 aliphatic rings. The maximum absolute atomic E-state index is 13.2. The molecular weight excluding hydrogens is 360 g/mol. The van der Waals surface area contributed by atoms with Crippen LogP contribution in [0.4, 0.5) is 11.4 Å². The number of carbonyl (C=O) groups is 1. The Hall–Kier alpha value is -2.37. The summed E-state index contributed by atoms with van der Waals surface area (Å²) in [6, 6.07) is 14.4. The summed E-state index contributed by atoms with van der Waals surface area (Å²) >= 11 is 3.39. The highest BCUT2D eigenvalue weighted by atomic mass is 32.1. The van der Waals surface area contributed by atoms with Crippen LogP contribution in [0.15, 0.2) is 70.4 Å². The first kappa shape index (κ1) is 15.9. The topological polar surface area (TPSA) is 41.1 Å². The highest BCUT2D eigenvalue weighted by Gasteiger charge is 2.40. The molecule has 26 heavy (non-hydrogen) atoms. The molecule has 3 nitrogen and oxygen atoms in total. The number of carbonyl (C=O) groups excluding carboxylic acids is 1. The molecule has 0 amide bonds. The van der Waals surface area contributed by atoms with Crippen molar-refractivity contribution in [2.75, 3.05) is 10.6 Å². The first-order valence-electron chi connectivity index (χ1n) is 8.72. The Bertz CT molecular complexity index is 960. The van der Waals surface area contributed by atoms with Crippen LogP contribution >= 0.6 is 22.7 Å². The van der Waals surface area contributed by atoms with Crippen LogP contribution in [0, 0.1) is 5.92 Å². The maximum Gasteiger partial charge on any atom is 0.145 e. The van der Waals surface area contributed by atoms with Crippen molar-refractivity contribution in [3.63, 3.8) is 0 Å². The van der Waals surface area contributed by atoms with Gasteiger partial charge in [0.25, 0.3) is 0 Å². The molecule has 5 heteroatoms. The number of hydrogen-bond acceptors (Lipinski definition) is 5. The largest absolute Gasteiger partial charge is 0.375 e. The number of benzene rings is 1. The van der Waals surface area contributed by atoms with Crippen molar-refractivity contribution in [2.24, 2.45) is 5.92 Å². The van der Waals surface area contributed by atoms with Gasteiger partial charge in [0.1, 0.15) is 5.78 Å². The molecule has 3 atom stereocenters. The van der Waals surface area contributed by atoms with Crippen molar-refractivity contribution in [1.82, 2.24) is 0 Å². The number of fused-ring (bicyclic) bond motifs is 2. The van der Waals surface area contributed by atoms with Crippen LogP contribution in [0.1, 0.15) is 28.8 Å². The Labute approximate surface area is 160 Å². The van der Waals surface area contributed by atoms with Crippen LogP contribution in [0.5, 0.6) is 0 Å². The van der Waals surface area contributed by atoms with E-state index in [0.29, 0.717) is 12.2 Å². The first-order valence-corrected chi connectivity index (χ1v) is 10.5. The van der Waals surface area contributed by atoms with Gasteiger partial charge in [-0.15, -0.1) is 11.3 Å². The lowest BCUT2D eigenvalue weighted by Crippen LogP contribution is -2.33. The molecule has 1 aromatic carbocycles. The van der Waals surface area contributed by atoms with Crippen molar-refractivity contribution >= 4 is 39.8 Å². The third-order valence-corrected chi connectivity index (χ3v) is 6.85. The van der Waals surface area contributed by atoms with Gasteiger partial charge in [0.15, 0.2) is 0 Å². The number of thiophene rings is 2. The summed E-state index contributed by atoms with van der Waals surface area (Å²) in [7, 11) is 0. The summed E-state index contributed by atoms with van der Waals surface area (Å²) in [5.41, 5.74) is 4.27. The minimum atomic E-state index is -0.187. The molecule has 0 spiro atoms. The predicted molar refractivity (Wildman–Crippen MR) is 109 cm³/mol. The molecular formula is C21H18N2OS2. The number of hydrogen-bond donors (Lipinski definition) is 2. The molecule has 3 heterocycles. The highest BCUT2D eigenvalue weighted by molar-refractivity contribution is 7.10. The number of Topliss-reactive ketones (excluding diaryl/α,β-unsaturated/α-hetero) is 1. The van der Waals surface area contributed by atoms with Crippen LogP contribution < -0.4 is 10.6 Å². The molecule has 0 saturated heterocycles. The molecule has 2 N–H and O–H groups in total. The number of nitrogens with one attached hydrogen (secondary N) is 2. The third-order valence-electron chi connectivity index (χ3n) is 5.15. The van der Waals surface area contributed by atoms with Crippen LogP contribution in [-0.4, -0.2) is 5.78 Å². The summed E-state index contributed by atoms with van der Waals surface area (Å²) < 4.78 is 0. The number of allylic oxidation sites excluding steroid dienone is 1. The molecule has 3 aromatic rings. The second-order valence-electron chi connectivity index (χ2n) is 6.74. The molecule has 0 radical (unpaired) electrons. The van der Waals surface area contributed by atoms with E-state index < -0.39 is 0 Å². The number of ketones is 1. The minimum absolute atomic E-state index is 0.0413. The Balaban J connectivity index is 1.63. The van der Waals surface area contributed by atoms with Gasteiger partial charge in [-0.25, -0.2) is 0 Å². The molecule has 5 rings (SSSR count). The van der Waals surface area contributed by atoms with E-state index in [-0.39, 0.29) is 17.9 Å². The molecule has 0 saturated carbocycles. The van der Waals surface area contributed by atoms with Gasteiger partial charge in [-0.1, -0.05) is 24.3 Å². The van der Waals surface area contributed by atoms with Gasteiger partial charge in [0, 0.05) is 22.9 Å². The van der Waals surface area contributed by atoms with Crippen LogP contribution in [-0.2, 0) is 4.79 Å². The van der Waals surface area contributed by atoms with E-state index in [0.717, 1.165) is 17.1 Å². The predicted octanol–water partition coefficient (Wildman–Crippen LogP) is 5.65. The van der Waals surface area contributed by atoms with Crippen LogP contribution in [0.25, 0.3) is 0 Å². The smallest absolute Gasteiger partial charge is 0.145 e. The van der Waals surface area contributed by atoms with E-state index in [1.54, 1.807) is 22.7 Å². The molecule has 0 bridgehead atoms.